The highest BCUT2D eigenvalue weighted by molar-refractivity contribution is 7.89. The highest BCUT2D eigenvalue weighted by Crippen LogP contribution is 2.25. The SMILES string of the molecule is COCCn1c(=NC(=O)C2CCCN(S(=O)(=O)c3ccc(F)cc3)C2)sc2ccccc21. The smallest absolute Gasteiger partial charge is 0.252 e. The van der Waals surface area contributed by atoms with Crippen molar-refractivity contribution in [1.29, 1.82) is 0 Å². The van der Waals surface area contributed by atoms with Crippen molar-refractivity contribution < 1.29 is 22.3 Å². The molecule has 0 bridgehead atoms. The van der Waals surface area contributed by atoms with Gasteiger partial charge in [0.05, 0.1) is 27.6 Å². The normalized spacial score (nSPS) is 18.3. The minimum Gasteiger partial charge on any atom is -0.383 e. The van der Waals surface area contributed by atoms with Gasteiger partial charge in [-0.05, 0) is 49.2 Å². The maximum absolute atomic E-state index is 13.2. The number of halogens is 1. The van der Waals surface area contributed by atoms with Crippen LogP contribution in [-0.4, -0.2) is 50.0 Å². The first kappa shape index (κ1) is 22.8. The van der Waals surface area contributed by atoms with Gasteiger partial charge in [-0.1, -0.05) is 23.5 Å². The number of methoxy groups -OCH3 is 1. The molecule has 10 heteroatoms. The number of hydrogen-bond donors (Lipinski definition) is 0. The first-order valence-electron chi connectivity index (χ1n) is 10.3. The maximum Gasteiger partial charge on any atom is 0.252 e. The Labute approximate surface area is 189 Å². The second kappa shape index (κ2) is 9.62. The van der Waals surface area contributed by atoms with Crippen molar-refractivity contribution in [3.05, 3.63) is 59.1 Å². The Morgan fingerprint density at radius 2 is 1.97 bits per heavy atom. The molecule has 1 fully saturated rings. The van der Waals surface area contributed by atoms with E-state index in [-0.39, 0.29) is 17.3 Å². The highest BCUT2D eigenvalue weighted by Gasteiger charge is 2.33. The van der Waals surface area contributed by atoms with Crippen LogP contribution in [-0.2, 0) is 26.1 Å². The number of fused-ring (bicyclic) bond motifs is 1. The van der Waals surface area contributed by atoms with Gasteiger partial charge >= 0.3 is 0 Å². The fraction of sp³-hybridized carbons (Fsp3) is 0.364. The van der Waals surface area contributed by atoms with E-state index in [0.29, 0.717) is 37.3 Å². The molecule has 1 saturated heterocycles. The number of sulfonamides is 1. The molecule has 0 saturated carbocycles. The predicted octanol–water partition coefficient (Wildman–Crippen LogP) is 3.02. The van der Waals surface area contributed by atoms with Crippen molar-refractivity contribution in [2.75, 3.05) is 26.8 Å². The quantitative estimate of drug-likeness (QED) is 0.547. The molecule has 3 aromatic rings. The van der Waals surface area contributed by atoms with Crippen molar-refractivity contribution in [2.45, 2.75) is 24.3 Å². The summed E-state index contributed by atoms with van der Waals surface area (Å²) in [4.78, 5) is 18.0. The number of rotatable bonds is 6. The van der Waals surface area contributed by atoms with Crippen LogP contribution >= 0.6 is 11.3 Å². The van der Waals surface area contributed by atoms with Crippen molar-refractivity contribution in [3.8, 4) is 0 Å². The van der Waals surface area contributed by atoms with Gasteiger partial charge in [-0.15, -0.1) is 0 Å². The van der Waals surface area contributed by atoms with E-state index in [0.717, 1.165) is 22.3 Å². The van der Waals surface area contributed by atoms with Crippen LogP contribution in [0.25, 0.3) is 10.2 Å². The summed E-state index contributed by atoms with van der Waals surface area (Å²) in [5.74, 6) is -1.36. The lowest BCUT2D eigenvalue weighted by Crippen LogP contribution is -2.42. The first-order valence-corrected chi connectivity index (χ1v) is 12.6. The number of thiazole rings is 1. The first-order chi connectivity index (χ1) is 15.4. The van der Waals surface area contributed by atoms with Crippen LogP contribution in [0.1, 0.15) is 12.8 Å². The lowest BCUT2D eigenvalue weighted by Gasteiger charge is -2.30. The highest BCUT2D eigenvalue weighted by atomic mass is 32.2. The fourth-order valence-electron chi connectivity index (χ4n) is 3.81. The van der Waals surface area contributed by atoms with Gasteiger partial charge in [-0.25, -0.2) is 12.8 Å². The Bertz CT molecular complexity index is 1280. The topological polar surface area (TPSA) is 81.0 Å². The molecule has 0 radical (unpaired) electrons. The second-order valence-corrected chi connectivity index (χ2v) is 10.5. The van der Waals surface area contributed by atoms with Crippen molar-refractivity contribution in [3.63, 3.8) is 0 Å². The molecule has 0 spiro atoms. The Morgan fingerprint density at radius 1 is 1.22 bits per heavy atom. The van der Waals surface area contributed by atoms with Gasteiger partial charge in [0, 0.05) is 26.7 Å². The number of amides is 1. The summed E-state index contributed by atoms with van der Waals surface area (Å²) in [6, 6.07) is 12.6. The molecule has 4 rings (SSSR count). The zero-order valence-electron chi connectivity index (χ0n) is 17.6. The van der Waals surface area contributed by atoms with Gasteiger partial charge in [0.15, 0.2) is 4.80 Å². The van der Waals surface area contributed by atoms with E-state index in [1.807, 2.05) is 28.8 Å². The summed E-state index contributed by atoms with van der Waals surface area (Å²) in [5, 5.41) is 0. The Balaban J connectivity index is 1.60. The number of benzene rings is 2. The van der Waals surface area contributed by atoms with Crippen LogP contribution in [0.5, 0.6) is 0 Å². The molecule has 1 aliphatic rings. The average Bonchev–Trinajstić information content (AvgIpc) is 3.14. The predicted molar refractivity (Wildman–Crippen MR) is 120 cm³/mol. The summed E-state index contributed by atoms with van der Waals surface area (Å²) >= 11 is 1.42. The van der Waals surface area contributed by atoms with Crippen LogP contribution in [0.15, 0.2) is 58.4 Å². The van der Waals surface area contributed by atoms with E-state index in [4.69, 9.17) is 4.74 Å². The zero-order chi connectivity index (χ0) is 22.7. The summed E-state index contributed by atoms with van der Waals surface area (Å²) in [5.41, 5.74) is 0.977. The molecular formula is C22H24FN3O4S2. The van der Waals surface area contributed by atoms with Gasteiger partial charge in [0.25, 0.3) is 5.91 Å². The number of piperidine rings is 1. The lowest BCUT2D eigenvalue weighted by molar-refractivity contribution is -0.122. The van der Waals surface area contributed by atoms with E-state index >= 15 is 0 Å². The summed E-state index contributed by atoms with van der Waals surface area (Å²) < 4.78 is 48.6. The van der Waals surface area contributed by atoms with Crippen LogP contribution < -0.4 is 4.80 Å². The molecule has 1 atom stereocenters. The number of aromatic nitrogens is 1. The van der Waals surface area contributed by atoms with Crippen molar-refractivity contribution >= 4 is 37.5 Å². The monoisotopic (exact) mass is 477 g/mol. The standard InChI is InChI=1S/C22H24FN3O4S2/c1-30-14-13-26-19-6-2-3-7-20(19)31-22(26)24-21(27)16-5-4-12-25(15-16)32(28,29)18-10-8-17(23)9-11-18/h2-3,6-11,16H,4-5,12-15H2,1H3. The van der Waals surface area contributed by atoms with E-state index in [1.54, 1.807) is 7.11 Å². The second-order valence-electron chi connectivity index (χ2n) is 7.60. The van der Waals surface area contributed by atoms with E-state index in [1.165, 1.54) is 27.8 Å². The molecule has 1 aliphatic heterocycles. The number of hydrogen-bond acceptors (Lipinski definition) is 5. The molecule has 1 amide bonds. The van der Waals surface area contributed by atoms with E-state index < -0.39 is 21.8 Å². The third-order valence-corrected chi connectivity index (χ3v) is 8.44. The minimum atomic E-state index is -3.81. The van der Waals surface area contributed by atoms with Gasteiger partial charge in [0.2, 0.25) is 10.0 Å². The van der Waals surface area contributed by atoms with Gasteiger partial charge in [-0.2, -0.15) is 9.30 Å². The maximum atomic E-state index is 13.2. The van der Waals surface area contributed by atoms with Gasteiger partial charge < -0.3 is 9.30 Å². The molecule has 0 aliphatic carbocycles. The van der Waals surface area contributed by atoms with Crippen LogP contribution in [0.2, 0.25) is 0 Å². The summed E-state index contributed by atoms with van der Waals surface area (Å²) in [6.45, 7) is 1.42. The van der Waals surface area contributed by atoms with E-state index in [2.05, 4.69) is 4.99 Å². The Hall–Kier alpha value is -2.40. The molecule has 1 aromatic heterocycles. The molecule has 1 unspecified atom stereocenters. The molecule has 0 N–H and O–H groups in total. The molecule has 2 aromatic carbocycles. The number of para-hydroxylation sites is 1. The van der Waals surface area contributed by atoms with Gasteiger partial charge in [0.1, 0.15) is 5.82 Å². The number of carbonyl (C=O) groups excluding carboxylic acids is 1. The number of ether oxygens (including phenoxy) is 1. The van der Waals surface area contributed by atoms with E-state index in [9.17, 15) is 17.6 Å². The number of carbonyl (C=O) groups is 1. The molecular weight excluding hydrogens is 453 g/mol. The van der Waals surface area contributed by atoms with Crippen LogP contribution in [0.3, 0.4) is 0 Å². The van der Waals surface area contributed by atoms with Crippen LogP contribution in [0.4, 0.5) is 4.39 Å². The van der Waals surface area contributed by atoms with Crippen LogP contribution in [0, 0.1) is 11.7 Å². The largest absolute Gasteiger partial charge is 0.383 e. The van der Waals surface area contributed by atoms with Crippen molar-refractivity contribution in [1.82, 2.24) is 8.87 Å². The van der Waals surface area contributed by atoms with Crippen molar-refractivity contribution in [2.24, 2.45) is 10.9 Å². The average molecular weight is 478 g/mol. The summed E-state index contributed by atoms with van der Waals surface area (Å²) in [7, 11) is -2.18. The molecule has 170 valence electrons. The molecule has 2 heterocycles. The Morgan fingerprint density at radius 3 is 2.72 bits per heavy atom. The third-order valence-electron chi connectivity index (χ3n) is 5.50. The fourth-order valence-corrected chi connectivity index (χ4v) is 6.39. The minimum absolute atomic E-state index is 0.0193. The third kappa shape index (κ3) is 4.68. The zero-order valence-corrected chi connectivity index (χ0v) is 19.2. The summed E-state index contributed by atoms with van der Waals surface area (Å²) in [6.07, 6.45) is 1.13. The Kier molecular flexibility index (Phi) is 6.85. The molecule has 32 heavy (non-hydrogen) atoms. The van der Waals surface area contributed by atoms with Gasteiger partial charge in [-0.3, -0.25) is 4.79 Å². The number of nitrogens with zero attached hydrogens (tertiary/aromatic N) is 3. The lowest BCUT2D eigenvalue weighted by atomic mass is 9.99. The molecule has 7 nitrogen and oxygen atoms in total.